The molecule has 0 aliphatic heterocycles. The van der Waals surface area contributed by atoms with E-state index >= 15 is 0 Å². The van der Waals surface area contributed by atoms with Crippen LogP contribution in [0.3, 0.4) is 0 Å². The molecule has 1 heterocycles. The predicted octanol–water partition coefficient (Wildman–Crippen LogP) is 2.75. The summed E-state index contributed by atoms with van der Waals surface area (Å²) < 4.78 is 2.03. The number of rotatable bonds is 5. The second-order valence-electron chi connectivity index (χ2n) is 3.72. The Balaban J connectivity index is 2.30. The molecule has 2 aromatic rings. The van der Waals surface area contributed by atoms with Crippen LogP contribution in [-0.2, 0) is 11.3 Å². The fraction of sp³-hybridized carbons (Fsp3) is 0.231. The summed E-state index contributed by atoms with van der Waals surface area (Å²) in [6.07, 6.45) is 1.79. The van der Waals surface area contributed by atoms with Gasteiger partial charge in [0.1, 0.15) is 0 Å². The van der Waals surface area contributed by atoms with Crippen molar-refractivity contribution in [1.29, 1.82) is 0 Å². The Bertz CT molecular complexity index is 537. The third kappa shape index (κ3) is 2.73. The lowest BCUT2D eigenvalue weighted by Gasteiger charge is -2.08. The normalized spacial score (nSPS) is 10.5. The van der Waals surface area contributed by atoms with Crippen molar-refractivity contribution in [2.75, 3.05) is 5.75 Å². The molecule has 0 aliphatic carbocycles. The summed E-state index contributed by atoms with van der Waals surface area (Å²) in [5.41, 5.74) is 2.11. The minimum atomic E-state index is -0.827. The van der Waals surface area contributed by atoms with Crippen molar-refractivity contribution in [3.8, 4) is 11.3 Å². The molecule has 0 saturated heterocycles. The van der Waals surface area contributed by atoms with Crippen molar-refractivity contribution < 1.29 is 9.90 Å². The molecule has 1 aromatic carbocycles. The number of carboxylic acids is 1. The van der Waals surface area contributed by atoms with Crippen LogP contribution in [0.2, 0.25) is 0 Å². The summed E-state index contributed by atoms with van der Waals surface area (Å²) in [4.78, 5) is 14.9. The average molecular weight is 262 g/mol. The van der Waals surface area contributed by atoms with Crippen molar-refractivity contribution in [1.82, 2.24) is 9.55 Å². The number of thioether (sulfide) groups is 1. The summed E-state index contributed by atoms with van der Waals surface area (Å²) in [5.74, 6) is -0.794. The number of carbonyl (C=O) groups is 1. The standard InChI is InChI=1S/C13H14N2O2S/c1-2-15-11(10-6-4-3-5-7-10)8-14-13(15)18-9-12(16)17/h3-8H,2,9H2,1H3,(H,16,17). The molecular formula is C13H14N2O2S. The zero-order chi connectivity index (χ0) is 13.0. The number of hydrogen-bond donors (Lipinski definition) is 1. The third-order valence-corrected chi connectivity index (χ3v) is 3.50. The van der Waals surface area contributed by atoms with Gasteiger partial charge in [-0.1, -0.05) is 42.1 Å². The maximum Gasteiger partial charge on any atom is 0.313 e. The van der Waals surface area contributed by atoms with E-state index in [0.717, 1.165) is 23.0 Å². The van der Waals surface area contributed by atoms with Gasteiger partial charge in [0.05, 0.1) is 17.6 Å². The monoisotopic (exact) mass is 262 g/mol. The molecular weight excluding hydrogens is 248 g/mol. The summed E-state index contributed by atoms with van der Waals surface area (Å²) in [6, 6.07) is 9.97. The smallest absolute Gasteiger partial charge is 0.313 e. The summed E-state index contributed by atoms with van der Waals surface area (Å²) in [6.45, 7) is 2.80. The first kappa shape index (κ1) is 12.7. The number of aromatic nitrogens is 2. The zero-order valence-corrected chi connectivity index (χ0v) is 10.9. The second-order valence-corrected chi connectivity index (χ2v) is 4.66. The molecule has 1 aromatic heterocycles. The van der Waals surface area contributed by atoms with Crippen LogP contribution in [0.25, 0.3) is 11.3 Å². The molecule has 4 nitrogen and oxygen atoms in total. The van der Waals surface area contributed by atoms with Crippen LogP contribution < -0.4 is 0 Å². The van der Waals surface area contributed by atoms with E-state index in [1.807, 2.05) is 41.8 Å². The lowest BCUT2D eigenvalue weighted by Crippen LogP contribution is -2.03. The molecule has 0 unspecified atom stereocenters. The minimum absolute atomic E-state index is 0.0330. The molecule has 0 saturated carbocycles. The highest BCUT2D eigenvalue weighted by Crippen LogP contribution is 2.25. The maximum absolute atomic E-state index is 10.6. The minimum Gasteiger partial charge on any atom is -0.481 e. The first-order valence-electron chi connectivity index (χ1n) is 5.68. The molecule has 18 heavy (non-hydrogen) atoms. The average Bonchev–Trinajstić information content (AvgIpc) is 2.80. The Labute approximate surface area is 110 Å². The number of hydrogen-bond acceptors (Lipinski definition) is 3. The van der Waals surface area contributed by atoms with Crippen LogP contribution in [0.5, 0.6) is 0 Å². The topological polar surface area (TPSA) is 55.1 Å². The van der Waals surface area contributed by atoms with Crippen molar-refractivity contribution in [3.05, 3.63) is 36.5 Å². The van der Waals surface area contributed by atoms with Crippen LogP contribution in [-0.4, -0.2) is 26.4 Å². The van der Waals surface area contributed by atoms with Crippen LogP contribution in [0, 0.1) is 0 Å². The van der Waals surface area contributed by atoms with Gasteiger partial charge in [0.2, 0.25) is 0 Å². The highest BCUT2D eigenvalue weighted by Gasteiger charge is 2.11. The number of carboxylic acid groups (broad SMARTS) is 1. The molecule has 2 rings (SSSR count). The Morgan fingerprint density at radius 3 is 2.72 bits per heavy atom. The third-order valence-electron chi connectivity index (χ3n) is 2.53. The van der Waals surface area contributed by atoms with E-state index in [1.165, 1.54) is 11.8 Å². The van der Waals surface area contributed by atoms with Gasteiger partial charge >= 0.3 is 5.97 Å². The highest BCUT2D eigenvalue weighted by atomic mass is 32.2. The lowest BCUT2D eigenvalue weighted by molar-refractivity contribution is -0.133. The molecule has 1 N–H and O–H groups in total. The van der Waals surface area contributed by atoms with Gasteiger partial charge in [-0.25, -0.2) is 4.98 Å². The lowest BCUT2D eigenvalue weighted by atomic mass is 10.2. The highest BCUT2D eigenvalue weighted by molar-refractivity contribution is 7.99. The molecule has 5 heteroatoms. The number of nitrogens with zero attached hydrogens (tertiary/aromatic N) is 2. The van der Waals surface area contributed by atoms with Crippen LogP contribution in [0.15, 0.2) is 41.7 Å². The van der Waals surface area contributed by atoms with E-state index < -0.39 is 5.97 Å². The van der Waals surface area contributed by atoms with Gasteiger partial charge in [-0.3, -0.25) is 4.79 Å². The van der Waals surface area contributed by atoms with E-state index in [4.69, 9.17) is 5.11 Å². The zero-order valence-electron chi connectivity index (χ0n) is 10.0. The molecule has 0 radical (unpaired) electrons. The van der Waals surface area contributed by atoms with Gasteiger partial charge in [-0.2, -0.15) is 0 Å². The quantitative estimate of drug-likeness (QED) is 0.842. The number of aliphatic carboxylic acids is 1. The van der Waals surface area contributed by atoms with Gasteiger partial charge < -0.3 is 9.67 Å². The van der Waals surface area contributed by atoms with E-state index in [1.54, 1.807) is 6.20 Å². The number of imidazole rings is 1. The summed E-state index contributed by atoms with van der Waals surface area (Å²) in [7, 11) is 0. The van der Waals surface area contributed by atoms with E-state index in [-0.39, 0.29) is 5.75 Å². The molecule has 0 amide bonds. The molecule has 0 atom stereocenters. The van der Waals surface area contributed by atoms with Gasteiger partial charge in [0, 0.05) is 6.54 Å². The van der Waals surface area contributed by atoms with Crippen LogP contribution in [0.1, 0.15) is 6.92 Å². The Hall–Kier alpha value is -1.75. The fourth-order valence-electron chi connectivity index (χ4n) is 1.75. The molecule has 0 bridgehead atoms. The van der Waals surface area contributed by atoms with E-state index in [2.05, 4.69) is 4.98 Å². The second kappa shape index (κ2) is 5.73. The first-order valence-corrected chi connectivity index (χ1v) is 6.66. The Morgan fingerprint density at radius 2 is 2.11 bits per heavy atom. The summed E-state index contributed by atoms with van der Waals surface area (Å²) in [5, 5.41) is 9.45. The molecule has 0 spiro atoms. The molecule has 0 fully saturated rings. The largest absolute Gasteiger partial charge is 0.481 e. The van der Waals surface area contributed by atoms with Crippen molar-refractivity contribution >= 4 is 17.7 Å². The van der Waals surface area contributed by atoms with Crippen molar-refractivity contribution in [3.63, 3.8) is 0 Å². The van der Waals surface area contributed by atoms with Crippen LogP contribution in [0.4, 0.5) is 0 Å². The van der Waals surface area contributed by atoms with Gasteiger partial charge in [0.15, 0.2) is 5.16 Å². The Kier molecular flexibility index (Phi) is 4.04. The SMILES string of the molecule is CCn1c(-c2ccccc2)cnc1SCC(=O)O. The molecule has 0 aliphatic rings. The van der Waals surface area contributed by atoms with Crippen LogP contribution >= 0.6 is 11.8 Å². The van der Waals surface area contributed by atoms with Crippen molar-refractivity contribution in [2.45, 2.75) is 18.6 Å². The fourth-order valence-corrected chi connectivity index (χ4v) is 2.51. The number of benzene rings is 1. The first-order chi connectivity index (χ1) is 8.72. The van der Waals surface area contributed by atoms with Crippen molar-refractivity contribution in [2.24, 2.45) is 0 Å². The maximum atomic E-state index is 10.6. The predicted molar refractivity (Wildman–Crippen MR) is 71.7 cm³/mol. The van der Waals surface area contributed by atoms with E-state index in [0.29, 0.717) is 0 Å². The molecule has 94 valence electrons. The van der Waals surface area contributed by atoms with E-state index in [9.17, 15) is 4.79 Å². The van der Waals surface area contributed by atoms with Gasteiger partial charge in [-0.15, -0.1) is 0 Å². The van der Waals surface area contributed by atoms with Gasteiger partial charge in [-0.05, 0) is 12.5 Å². The van der Waals surface area contributed by atoms with Gasteiger partial charge in [0.25, 0.3) is 0 Å². The summed E-state index contributed by atoms with van der Waals surface area (Å²) >= 11 is 1.25. The Morgan fingerprint density at radius 1 is 1.39 bits per heavy atom.